The molecule has 0 radical (unpaired) electrons. The van der Waals surface area contributed by atoms with Crippen molar-refractivity contribution < 1.29 is 13.9 Å². The molecule has 0 spiro atoms. The monoisotopic (exact) mass is 375 g/mol. The molecule has 0 aliphatic rings. The number of H-pyrrole nitrogens is 1. The number of hydrogen-bond acceptors (Lipinski definition) is 3. The lowest BCUT2D eigenvalue weighted by Crippen LogP contribution is -2.24. The number of amides is 1. The Morgan fingerprint density at radius 3 is 2.39 bits per heavy atom. The van der Waals surface area contributed by atoms with Crippen molar-refractivity contribution in [3.8, 4) is 11.5 Å². The zero-order valence-corrected chi connectivity index (χ0v) is 15.0. The van der Waals surface area contributed by atoms with Crippen molar-refractivity contribution in [1.82, 2.24) is 15.5 Å². The molecule has 0 aliphatic heterocycles. The van der Waals surface area contributed by atoms with Crippen LogP contribution < -0.4 is 10.1 Å². The lowest BCUT2D eigenvalue weighted by molar-refractivity contribution is -0.120. The van der Waals surface area contributed by atoms with E-state index in [0.29, 0.717) is 18.0 Å². The van der Waals surface area contributed by atoms with Gasteiger partial charge in [-0.05, 0) is 48.0 Å². The SMILES string of the molecule is O=C(Cc1[nH]nc2ccccc12)NCc1ccc(Oc2ccc(F)cc2)cc1. The fourth-order valence-electron chi connectivity index (χ4n) is 2.89. The molecule has 5 nitrogen and oxygen atoms in total. The number of rotatable bonds is 6. The Bertz CT molecular complexity index is 1090. The van der Waals surface area contributed by atoms with Crippen LogP contribution in [0.15, 0.2) is 72.8 Å². The molecule has 4 aromatic rings. The molecule has 140 valence electrons. The van der Waals surface area contributed by atoms with E-state index in [-0.39, 0.29) is 18.1 Å². The fraction of sp³-hybridized carbons (Fsp3) is 0.0909. The Labute approximate surface area is 161 Å². The summed E-state index contributed by atoms with van der Waals surface area (Å²) in [5.74, 6) is 0.822. The number of nitrogens with one attached hydrogen (secondary N) is 2. The number of ether oxygens (including phenoxy) is 1. The van der Waals surface area contributed by atoms with Crippen molar-refractivity contribution in [3.63, 3.8) is 0 Å². The van der Waals surface area contributed by atoms with E-state index in [0.717, 1.165) is 22.2 Å². The molecule has 0 bridgehead atoms. The molecule has 0 fully saturated rings. The first-order chi connectivity index (χ1) is 13.7. The number of carbonyl (C=O) groups excluding carboxylic acids is 1. The predicted octanol–water partition coefficient (Wildman–Crippen LogP) is 4.35. The van der Waals surface area contributed by atoms with Crippen LogP contribution in [0.3, 0.4) is 0 Å². The lowest BCUT2D eigenvalue weighted by atomic mass is 10.1. The van der Waals surface area contributed by atoms with Crippen LogP contribution in [-0.4, -0.2) is 16.1 Å². The Morgan fingerprint density at radius 2 is 1.64 bits per heavy atom. The van der Waals surface area contributed by atoms with Gasteiger partial charge in [0.05, 0.1) is 17.6 Å². The number of fused-ring (bicyclic) bond motifs is 1. The van der Waals surface area contributed by atoms with Crippen LogP contribution in [0.25, 0.3) is 10.9 Å². The first-order valence-electron chi connectivity index (χ1n) is 8.88. The molecule has 0 unspecified atom stereocenters. The van der Waals surface area contributed by atoms with E-state index >= 15 is 0 Å². The van der Waals surface area contributed by atoms with Crippen LogP contribution in [0.4, 0.5) is 4.39 Å². The van der Waals surface area contributed by atoms with Gasteiger partial charge in [0.25, 0.3) is 0 Å². The van der Waals surface area contributed by atoms with Gasteiger partial charge in [0, 0.05) is 11.9 Å². The lowest BCUT2D eigenvalue weighted by Gasteiger charge is -2.08. The molecule has 28 heavy (non-hydrogen) atoms. The Balaban J connectivity index is 1.32. The standard InChI is InChI=1S/C22H18FN3O2/c23-16-7-11-18(12-8-16)28-17-9-5-15(6-10-17)14-24-22(27)13-21-19-3-1-2-4-20(19)25-26-21/h1-12H,13-14H2,(H,24,27)(H,25,26). The molecule has 1 aromatic heterocycles. The van der Waals surface area contributed by atoms with Crippen LogP contribution >= 0.6 is 0 Å². The second kappa shape index (κ2) is 7.92. The zero-order valence-electron chi connectivity index (χ0n) is 15.0. The molecular weight excluding hydrogens is 357 g/mol. The highest BCUT2D eigenvalue weighted by Crippen LogP contribution is 2.22. The largest absolute Gasteiger partial charge is 0.457 e. The van der Waals surface area contributed by atoms with Gasteiger partial charge in [-0.15, -0.1) is 0 Å². The van der Waals surface area contributed by atoms with Gasteiger partial charge in [-0.2, -0.15) is 5.10 Å². The quantitative estimate of drug-likeness (QED) is 0.526. The maximum Gasteiger partial charge on any atom is 0.226 e. The van der Waals surface area contributed by atoms with Crippen molar-refractivity contribution in [2.75, 3.05) is 0 Å². The van der Waals surface area contributed by atoms with E-state index in [1.54, 1.807) is 12.1 Å². The van der Waals surface area contributed by atoms with E-state index < -0.39 is 0 Å². The number of aromatic nitrogens is 2. The number of para-hydroxylation sites is 1. The summed E-state index contributed by atoms with van der Waals surface area (Å²) in [6, 6.07) is 20.9. The third-order valence-corrected chi connectivity index (χ3v) is 4.34. The van der Waals surface area contributed by atoms with Gasteiger partial charge < -0.3 is 10.1 Å². The molecule has 1 heterocycles. The van der Waals surface area contributed by atoms with Gasteiger partial charge in [0.15, 0.2) is 0 Å². The van der Waals surface area contributed by atoms with Gasteiger partial charge in [-0.1, -0.05) is 30.3 Å². The number of nitrogens with zero attached hydrogens (tertiary/aromatic N) is 1. The molecule has 3 aromatic carbocycles. The smallest absolute Gasteiger partial charge is 0.226 e. The van der Waals surface area contributed by atoms with Crippen LogP contribution in [-0.2, 0) is 17.8 Å². The topological polar surface area (TPSA) is 67.0 Å². The number of halogens is 1. The van der Waals surface area contributed by atoms with Crippen LogP contribution in [0.1, 0.15) is 11.3 Å². The molecule has 6 heteroatoms. The van der Waals surface area contributed by atoms with Gasteiger partial charge in [-0.25, -0.2) is 4.39 Å². The fourth-order valence-corrected chi connectivity index (χ4v) is 2.89. The molecule has 0 atom stereocenters. The predicted molar refractivity (Wildman–Crippen MR) is 105 cm³/mol. The molecule has 0 aliphatic carbocycles. The maximum absolute atomic E-state index is 12.9. The zero-order chi connectivity index (χ0) is 19.3. The van der Waals surface area contributed by atoms with Crippen molar-refractivity contribution >= 4 is 16.8 Å². The summed E-state index contributed by atoms with van der Waals surface area (Å²) in [6.07, 6.45) is 0.242. The molecule has 0 saturated heterocycles. The minimum Gasteiger partial charge on any atom is -0.457 e. The van der Waals surface area contributed by atoms with Crippen LogP contribution in [0, 0.1) is 5.82 Å². The molecule has 2 N–H and O–H groups in total. The first-order valence-corrected chi connectivity index (χ1v) is 8.88. The average molecular weight is 375 g/mol. The van der Waals surface area contributed by atoms with Crippen molar-refractivity contribution in [2.45, 2.75) is 13.0 Å². The van der Waals surface area contributed by atoms with Gasteiger partial charge in [-0.3, -0.25) is 9.89 Å². The third kappa shape index (κ3) is 4.17. The maximum atomic E-state index is 12.9. The summed E-state index contributed by atoms with van der Waals surface area (Å²) in [5, 5.41) is 11.0. The van der Waals surface area contributed by atoms with E-state index in [2.05, 4.69) is 15.5 Å². The number of hydrogen-bond donors (Lipinski definition) is 2. The third-order valence-electron chi connectivity index (χ3n) is 4.34. The second-order valence-electron chi connectivity index (χ2n) is 6.37. The van der Waals surface area contributed by atoms with Crippen molar-refractivity contribution in [2.24, 2.45) is 0 Å². The van der Waals surface area contributed by atoms with Crippen LogP contribution in [0.2, 0.25) is 0 Å². The van der Waals surface area contributed by atoms with Gasteiger partial charge in [0.2, 0.25) is 5.91 Å². The summed E-state index contributed by atoms with van der Waals surface area (Å²) < 4.78 is 18.6. The van der Waals surface area contributed by atoms with E-state index in [1.165, 1.54) is 12.1 Å². The first kappa shape index (κ1) is 17.7. The van der Waals surface area contributed by atoms with E-state index in [9.17, 15) is 9.18 Å². The average Bonchev–Trinajstić information content (AvgIpc) is 3.12. The van der Waals surface area contributed by atoms with E-state index in [1.807, 2.05) is 48.5 Å². The van der Waals surface area contributed by atoms with Gasteiger partial charge in [0.1, 0.15) is 17.3 Å². The molecule has 1 amide bonds. The molecule has 4 rings (SSSR count). The van der Waals surface area contributed by atoms with E-state index in [4.69, 9.17) is 4.74 Å². The summed E-state index contributed by atoms with van der Waals surface area (Å²) in [7, 11) is 0. The number of benzene rings is 3. The Hall–Kier alpha value is -3.67. The highest BCUT2D eigenvalue weighted by Gasteiger charge is 2.09. The van der Waals surface area contributed by atoms with Crippen molar-refractivity contribution in [3.05, 3.63) is 89.9 Å². The molecular formula is C22H18FN3O2. The summed E-state index contributed by atoms with van der Waals surface area (Å²) in [6.45, 7) is 0.418. The van der Waals surface area contributed by atoms with Crippen LogP contribution in [0.5, 0.6) is 11.5 Å². The van der Waals surface area contributed by atoms with Gasteiger partial charge >= 0.3 is 0 Å². The number of aromatic amines is 1. The Kier molecular flexibility index (Phi) is 5.01. The summed E-state index contributed by atoms with van der Waals surface area (Å²) in [4.78, 5) is 12.2. The summed E-state index contributed by atoms with van der Waals surface area (Å²) >= 11 is 0. The normalized spacial score (nSPS) is 10.8. The highest BCUT2D eigenvalue weighted by atomic mass is 19.1. The Morgan fingerprint density at radius 1 is 0.964 bits per heavy atom. The minimum absolute atomic E-state index is 0.0824. The minimum atomic E-state index is -0.304. The summed E-state index contributed by atoms with van der Waals surface area (Å²) in [5.41, 5.74) is 2.60. The molecule has 0 saturated carbocycles. The second-order valence-corrected chi connectivity index (χ2v) is 6.37. The number of carbonyl (C=O) groups is 1. The van der Waals surface area contributed by atoms with Crippen molar-refractivity contribution in [1.29, 1.82) is 0 Å². The highest BCUT2D eigenvalue weighted by molar-refractivity contribution is 5.87.